The molecule has 0 atom stereocenters. The number of hydrogen-bond donors (Lipinski definition) is 0. The van der Waals surface area contributed by atoms with Crippen LogP contribution in [0.3, 0.4) is 0 Å². The molecule has 0 spiro atoms. The van der Waals surface area contributed by atoms with E-state index in [0.717, 1.165) is 48.5 Å². The van der Waals surface area contributed by atoms with Crippen LogP contribution >= 0.6 is 0 Å². The summed E-state index contributed by atoms with van der Waals surface area (Å²) in [6.45, 7) is 7.26. The number of aromatic nitrogens is 2. The average Bonchev–Trinajstić information content (AvgIpc) is 2.73. The highest BCUT2D eigenvalue weighted by Gasteiger charge is 2.13. The van der Waals surface area contributed by atoms with E-state index in [1.54, 1.807) is 17.6 Å². The third-order valence-electron chi connectivity index (χ3n) is 5.46. The van der Waals surface area contributed by atoms with Crippen molar-refractivity contribution in [3.8, 4) is 17.0 Å². The largest absolute Gasteiger partial charge is 0.496 e. The molecule has 28 heavy (non-hydrogen) atoms. The van der Waals surface area contributed by atoms with Crippen LogP contribution in [0.15, 0.2) is 53.5 Å². The number of benzene rings is 1. The van der Waals surface area contributed by atoms with Crippen molar-refractivity contribution in [1.82, 2.24) is 14.3 Å². The maximum atomic E-state index is 12.8. The standard InChI is InChI=1S/C23H25N3O2/c1-4-25-11-9-17(10-12-25)19-6-8-22-24-20(14-23(27)26(22)15-19)18-5-7-21(28-3)16(2)13-18/h5-9,13-15H,4,10-12H2,1-3H3. The summed E-state index contributed by atoms with van der Waals surface area (Å²) in [5.74, 6) is 0.827. The third-order valence-corrected chi connectivity index (χ3v) is 5.46. The van der Waals surface area contributed by atoms with E-state index < -0.39 is 0 Å². The molecule has 1 aliphatic heterocycles. The fourth-order valence-corrected chi connectivity index (χ4v) is 3.74. The summed E-state index contributed by atoms with van der Waals surface area (Å²) in [7, 11) is 1.65. The van der Waals surface area contributed by atoms with Gasteiger partial charge in [-0.05, 0) is 66.9 Å². The molecule has 0 bridgehead atoms. The van der Waals surface area contributed by atoms with Crippen LogP contribution in [-0.2, 0) is 0 Å². The number of methoxy groups -OCH3 is 1. The van der Waals surface area contributed by atoms with Crippen molar-refractivity contribution >= 4 is 11.2 Å². The van der Waals surface area contributed by atoms with Crippen LogP contribution in [-0.4, -0.2) is 41.0 Å². The molecular weight excluding hydrogens is 350 g/mol. The molecule has 5 nitrogen and oxygen atoms in total. The molecule has 0 radical (unpaired) electrons. The van der Waals surface area contributed by atoms with Crippen LogP contribution in [0.2, 0.25) is 0 Å². The molecule has 3 aromatic rings. The van der Waals surface area contributed by atoms with Crippen molar-refractivity contribution in [2.24, 2.45) is 0 Å². The molecule has 0 N–H and O–H groups in total. The Kier molecular flexibility index (Phi) is 5.01. The monoisotopic (exact) mass is 375 g/mol. The van der Waals surface area contributed by atoms with Gasteiger partial charge in [0.1, 0.15) is 11.4 Å². The Morgan fingerprint density at radius 2 is 1.96 bits per heavy atom. The van der Waals surface area contributed by atoms with Gasteiger partial charge in [0.2, 0.25) is 0 Å². The first-order chi connectivity index (χ1) is 13.6. The van der Waals surface area contributed by atoms with Crippen molar-refractivity contribution < 1.29 is 4.74 Å². The van der Waals surface area contributed by atoms with E-state index in [0.29, 0.717) is 11.3 Å². The minimum absolute atomic E-state index is 0.0677. The maximum absolute atomic E-state index is 12.8. The molecule has 0 fully saturated rings. The molecule has 4 rings (SSSR count). The molecule has 2 aromatic heterocycles. The third kappa shape index (κ3) is 3.45. The average molecular weight is 375 g/mol. The van der Waals surface area contributed by atoms with Gasteiger partial charge in [-0.3, -0.25) is 14.1 Å². The van der Waals surface area contributed by atoms with Gasteiger partial charge in [0.15, 0.2) is 0 Å². The summed E-state index contributed by atoms with van der Waals surface area (Å²) in [5.41, 5.74) is 5.60. The molecule has 1 aliphatic rings. The summed E-state index contributed by atoms with van der Waals surface area (Å²) < 4.78 is 6.96. The van der Waals surface area contributed by atoms with Gasteiger partial charge in [-0.25, -0.2) is 4.98 Å². The van der Waals surface area contributed by atoms with E-state index in [4.69, 9.17) is 9.72 Å². The van der Waals surface area contributed by atoms with E-state index in [1.807, 2.05) is 37.4 Å². The second kappa shape index (κ2) is 7.60. The molecule has 0 unspecified atom stereocenters. The highest BCUT2D eigenvalue weighted by molar-refractivity contribution is 5.68. The summed E-state index contributed by atoms with van der Waals surface area (Å²) in [5, 5.41) is 0. The number of likely N-dealkylation sites (N-methyl/N-ethyl adjacent to an activating group) is 1. The molecule has 3 heterocycles. The van der Waals surface area contributed by atoms with Gasteiger partial charge in [0, 0.05) is 30.9 Å². The molecule has 0 amide bonds. The number of aryl methyl sites for hydroxylation is 1. The first-order valence-corrected chi connectivity index (χ1v) is 9.69. The zero-order valence-electron chi connectivity index (χ0n) is 16.6. The minimum Gasteiger partial charge on any atom is -0.496 e. The van der Waals surface area contributed by atoms with Gasteiger partial charge in [0.05, 0.1) is 12.8 Å². The predicted octanol–water partition coefficient (Wildman–Crippen LogP) is 3.79. The Labute approximate surface area is 164 Å². The number of pyridine rings is 1. The van der Waals surface area contributed by atoms with Gasteiger partial charge in [-0.15, -0.1) is 0 Å². The Balaban J connectivity index is 1.72. The van der Waals surface area contributed by atoms with E-state index in [2.05, 4.69) is 24.0 Å². The molecular formula is C23H25N3O2. The fourth-order valence-electron chi connectivity index (χ4n) is 3.74. The highest BCUT2D eigenvalue weighted by atomic mass is 16.5. The lowest BCUT2D eigenvalue weighted by Crippen LogP contribution is -2.28. The number of rotatable bonds is 4. The minimum atomic E-state index is -0.0677. The first kappa shape index (κ1) is 18.4. The smallest absolute Gasteiger partial charge is 0.258 e. The van der Waals surface area contributed by atoms with Crippen LogP contribution in [0.25, 0.3) is 22.5 Å². The van der Waals surface area contributed by atoms with Crippen molar-refractivity contribution in [2.45, 2.75) is 20.3 Å². The second-order valence-electron chi connectivity index (χ2n) is 7.18. The van der Waals surface area contributed by atoms with Gasteiger partial charge < -0.3 is 4.74 Å². The highest BCUT2D eigenvalue weighted by Crippen LogP contribution is 2.25. The molecule has 1 aromatic carbocycles. The van der Waals surface area contributed by atoms with E-state index in [1.165, 1.54) is 5.57 Å². The topological polar surface area (TPSA) is 46.8 Å². The Bertz CT molecular complexity index is 1110. The molecule has 0 aliphatic carbocycles. The number of hydrogen-bond acceptors (Lipinski definition) is 4. The van der Waals surface area contributed by atoms with Crippen LogP contribution < -0.4 is 10.3 Å². The lowest BCUT2D eigenvalue weighted by Gasteiger charge is -2.25. The Hall–Kier alpha value is -2.92. The van der Waals surface area contributed by atoms with Gasteiger partial charge in [0.25, 0.3) is 5.56 Å². The molecule has 5 heteroatoms. The van der Waals surface area contributed by atoms with Crippen LogP contribution in [0.1, 0.15) is 24.5 Å². The maximum Gasteiger partial charge on any atom is 0.258 e. The summed E-state index contributed by atoms with van der Waals surface area (Å²) >= 11 is 0. The summed E-state index contributed by atoms with van der Waals surface area (Å²) in [6, 6.07) is 11.4. The predicted molar refractivity (Wildman–Crippen MR) is 113 cm³/mol. The number of nitrogens with zero attached hydrogens (tertiary/aromatic N) is 3. The number of fused-ring (bicyclic) bond motifs is 1. The van der Waals surface area contributed by atoms with E-state index in [9.17, 15) is 4.79 Å². The van der Waals surface area contributed by atoms with Crippen LogP contribution in [0.4, 0.5) is 0 Å². The van der Waals surface area contributed by atoms with Gasteiger partial charge >= 0.3 is 0 Å². The quantitative estimate of drug-likeness (QED) is 0.696. The van der Waals surface area contributed by atoms with Crippen molar-refractivity contribution in [3.05, 3.63) is 70.2 Å². The Morgan fingerprint density at radius 1 is 1.14 bits per heavy atom. The van der Waals surface area contributed by atoms with Crippen molar-refractivity contribution in [1.29, 1.82) is 0 Å². The summed E-state index contributed by atoms with van der Waals surface area (Å²) in [4.78, 5) is 19.9. The van der Waals surface area contributed by atoms with E-state index in [-0.39, 0.29) is 5.56 Å². The summed E-state index contributed by atoms with van der Waals surface area (Å²) in [6.07, 6.45) is 5.19. The Morgan fingerprint density at radius 3 is 2.64 bits per heavy atom. The lowest BCUT2D eigenvalue weighted by molar-refractivity contribution is 0.318. The van der Waals surface area contributed by atoms with Crippen LogP contribution in [0.5, 0.6) is 5.75 Å². The van der Waals surface area contributed by atoms with E-state index >= 15 is 0 Å². The lowest BCUT2D eigenvalue weighted by atomic mass is 10.0. The SMILES string of the molecule is CCN1CC=C(c2ccc3nc(-c4ccc(OC)c(C)c4)cc(=O)n3c2)CC1. The zero-order chi connectivity index (χ0) is 19.7. The molecule has 0 saturated heterocycles. The molecule has 144 valence electrons. The zero-order valence-corrected chi connectivity index (χ0v) is 16.6. The van der Waals surface area contributed by atoms with Gasteiger partial charge in [-0.1, -0.05) is 13.0 Å². The first-order valence-electron chi connectivity index (χ1n) is 9.69. The normalized spacial score (nSPS) is 14.9. The van der Waals surface area contributed by atoms with Gasteiger partial charge in [-0.2, -0.15) is 0 Å². The molecule has 0 saturated carbocycles. The second-order valence-corrected chi connectivity index (χ2v) is 7.18. The van der Waals surface area contributed by atoms with Crippen molar-refractivity contribution in [2.75, 3.05) is 26.7 Å². The fraction of sp³-hybridized carbons (Fsp3) is 0.304. The number of ether oxygens (including phenoxy) is 1. The van der Waals surface area contributed by atoms with Crippen molar-refractivity contribution in [3.63, 3.8) is 0 Å². The van der Waals surface area contributed by atoms with Crippen LogP contribution in [0, 0.1) is 6.92 Å².